The molecule has 120 valence electrons. The highest BCUT2D eigenvalue weighted by Crippen LogP contribution is 2.28. The fourth-order valence-corrected chi connectivity index (χ4v) is 4.52. The molecular formula is C15H27N3O2S. The summed E-state index contributed by atoms with van der Waals surface area (Å²) in [6.45, 7) is 6.34. The summed E-state index contributed by atoms with van der Waals surface area (Å²) in [6, 6.07) is 1.87. The summed E-state index contributed by atoms with van der Waals surface area (Å²) < 4.78 is 29.8. The Hall–Kier alpha value is -0.850. The van der Waals surface area contributed by atoms with Gasteiger partial charge in [-0.2, -0.15) is 0 Å². The maximum absolute atomic E-state index is 12.5. The number of nitrogens with one attached hydrogen (secondary N) is 1. The number of rotatable bonds is 6. The van der Waals surface area contributed by atoms with E-state index in [2.05, 4.69) is 4.72 Å². The van der Waals surface area contributed by atoms with E-state index in [1.54, 1.807) is 12.3 Å². The van der Waals surface area contributed by atoms with Crippen molar-refractivity contribution in [3.05, 3.63) is 18.0 Å². The van der Waals surface area contributed by atoms with Crippen LogP contribution in [-0.2, 0) is 16.6 Å². The Kier molecular flexibility index (Phi) is 5.11. The van der Waals surface area contributed by atoms with Crippen LogP contribution < -0.4 is 10.5 Å². The third kappa shape index (κ3) is 3.67. The molecule has 6 heteroatoms. The molecule has 1 aliphatic carbocycles. The van der Waals surface area contributed by atoms with Crippen LogP contribution in [0.1, 0.15) is 58.2 Å². The van der Waals surface area contributed by atoms with E-state index in [1.807, 2.05) is 25.3 Å². The number of sulfonamides is 1. The van der Waals surface area contributed by atoms with E-state index in [0.29, 0.717) is 17.4 Å². The summed E-state index contributed by atoms with van der Waals surface area (Å²) in [5, 5.41) is 0. The van der Waals surface area contributed by atoms with E-state index in [0.717, 1.165) is 18.5 Å². The Morgan fingerprint density at radius 1 is 1.33 bits per heavy atom. The highest BCUT2D eigenvalue weighted by Gasteiger charge is 2.27. The molecule has 21 heavy (non-hydrogen) atoms. The third-order valence-electron chi connectivity index (χ3n) is 4.43. The highest BCUT2D eigenvalue weighted by molar-refractivity contribution is 7.89. The van der Waals surface area contributed by atoms with Crippen LogP contribution in [0.4, 0.5) is 0 Å². The average molecular weight is 313 g/mol. The van der Waals surface area contributed by atoms with Crippen LogP contribution in [0.2, 0.25) is 0 Å². The van der Waals surface area contributed by atoms with Crippen molar-refractivity contribution in [3.63, 3.8) is 0 Å². The first-order chi connectivity index (χ1) is 9.85. The maximum Gasteiger partial charge on any atom is 0.242 e. The summed E-state index contributed by atoms with van der Waals surface area (Å²) in [5.74, 6) is 0.459. The molecule has 3 N–H and O–H groups in total. The Labute approximate surface area is 128 Å². The number of hydrogen-bond donors (Lipinski definition) is 2. The minimum Gasteiger partial charge on any atom is -0.346 e. The Morgan fingerprint density at radius 3 is 2.43 bits per heavy atom. The zero-order valence-corrected chi connectivity index (χ0v) is 14.0. The van der Waals surface area contributed by atoms with Gasteiger partial charge in [-0.25, -0.2) is 13.1 Å². The molecule has 0 spiro atoms. The molecule has 0 aliphatic heterocycles. The van der Waals surface area contributed by atoms with E-state index in [-0.39, 0.29) is 12.1 Å². The van der Waals surface area contributed by atoms with Crippen LogP contribution >= 0.6 is 0 Å². The molecule has 2 rings (SSSR count). The van der Waals surface area contributed by atoms with Crippen LogP contribution in [0.25, 0.3) is 0 Å². The van der Waals surface area contributed by atoms with E-state index in [4.69, 9.17) is 5.73 Å². The molecule has 0 aromatic carbocycles. The predicted octanol–water partition coefficient (Wildman–Crippen LogP) is 2.38. The summed E-state index contributed by atoms with van der Waals surface area (Å²) >= 11 is 0. The van der Waals surface area contributed by atoms with Crippen LogP contribution in [0, 0.1) is 5.92 Å². The molecule has 0 amide bonds. The fraction of sp³-hybridized carbons (Fsp3) is 0.733. The highest BCUT2D eigenvalue weighted by atomic mass is 32.2. The first-order valence-corrected chi connectivity index (χ1v) is 9.26. The Bertz CT molecular complexity index is 572. The van der Waals surface area contributed by atoms with Gasteiger partial charge in [0.1, 0.15) is 0 Å². The van der Waals surface area contributed by atoms with E-state index in [1.165, 1.54) is 12.8 Å². The van der Waals surface area contributed by atoms with Gasteiger partial charge >= 0.3 is 0 Å². The molecule has 1 fully saturated rings. The van der Waals surface area contributed by atoms with Crippen molar-refractivity contribution < 1.29 is 8.42 Å². The minimum atomic E-state index is -3.47. The molecule has 1 atom stereocenters. The molecular weight excluding hydrogens is 286 g/mol. The topological polar surface area (TPSA) is 77.1 Å². The van der Waals surface area contributed by atoms with Crippen molar-refractivity contribution in [2.24, 2.45) is 11.7 Å². The van der Waals surface area contributed by atoms with E-state index >= 15 is 0 Å². The first-order valence-electron chi connectivity index (χ1n) is 7.78. The molecule has 5 nitrogen and oxygen atoms in total. The van der Waals surface area contributed by atoms with Crippen molar-refractivity contribution in [1.82, 2.24) is 9.29 Å². The van der Waals surface area contributed by atoms with Gasteiger partial charge in [-0.05, 0) is 45.6 Å². The normalized spacial score (nSPS) is 18.5. The van der Waals surface area contributed by atoms with Crippen molar-refractivity contribution >= 4 is 10.0 Å². The molecule has 0 bridgehead atoms. The third-order valence-corrected chi connectivity index (χ3v) is 5.96. The molecule has 0 saturated heterocycles. The number of aromatic nitrogens is 1. The van der Waals surface area contributed by atoms with Gasteiger partial charge in [0, 0.05) is 30.5 Å². The quantitative estimate of drug-likeness (QED) is 0.846. The Balaban J connectivity index is 2.19. The first kappa shape index (κ1) is 16.5. The summed E-state index contributed by atoms with van der Waals surface area (Å²) in [5.41, 5.74) is 6.56. The lowest BCUT2D eigenvalue weighted by atomic mass is 10.0. The van der Waals surface area contributed by atoms with E-state index < -0.39 is 10.0 Å². The van der Waals surface area contributed by atoms with Gasteiger partial charge in [-0.3, -0.25) is 0 Å². The summed E-state index contributed by atoms with van der Waals surface area (Å²) in [4.78, 5) is 0.321. The van der Waals surface area contributed by atoms with Crippen LogP contribution in [0.5, 0.6) is 0 Å². The lowest BCUT2D eigenvalue weighted by molar-refractivity contribution is 0.424. The molecule has 1 aliphatic rings. The average Bonchev–Trinajstić information content (AvgIpc) is 3.07. The van der Waals surface area contributed by atoms with Crippen molar-refractivity contribution in [2.75, 3.05) is 0 Å². The van der Waals surface area contributed by atoms with Gasteiger partial charge in [-0.1, -0.05) is 12.8 Å². The van der Waals surface area contributed by atoms with Crippen LogP contribution in [-0.4, -0.2) is 19.0 Å². The largest absolute Gasteiger partial charge is 0.346 e. The summed E-state index contributed by atoms with van der Waals surface area (Å²) in [6.07, 6.45) is 6.33. The predicted molar refractivity (Wildman–Crippen MR) is 84.4 cm³/mol. The lowest BCUT2D eigenvalue weighted by Crippen LogP contribution is -2.37. The van der Waals surface area contributed by atoms with Crippen LogP contribution in [0.3, 0.4) is 0 Å². The van der Waals surface area contributed by atoms with E-state index in [9.17, 15) is 8.42 Å². The fourth-order valence-electron chi connectivity index (χ4n) is 3.15. The van der Waals surface area contributed by atoms with Gasteiger partial charge in [0.2, 0.25) is 10.0 Å². The monoisotopic (exact) mass is 313 g/mol. The molecule has 0 radical (unpaired) electrons. The summed E-state index contributed by atoms with van der Waals surface area (Å²) in [7, 11) is -3.47. The molecule has 1 saturated carbocycles. The standard InChI is InChI=1S/C15H27N3O2S/c1-11(2)18-10-15(8-14(18)9-16)21(19,20)17-12(3)13-6-4-5-7-13/h8,10-13,17H,4-7,9,16H2,1-3H3. The SMILES string of the molecule is CC(NS(=O)(=O)c1cc(CN)n(C(C)C)c1)C1CCCC1. The van der Waals surface area contributed by atoms with Crippen molar-refractivity contribution in [1.29, 1.82) is 0 Å². The zero-order valence-electron chi connectivity index (χ0n) is 13.2. The lowest BCUT2D eigenvalue weighted by Gasteiger charge is -2.19. The van der Waals surface area contributed by atoms with Gasteiger partial charge in [0.25, 0.3) is 0 Å². The zero-order chi connectivity index (χ0) is 15.6. The second-order valence-electron chi connectivity index (χ2n) is 6.33. The molecule has 1 aromatic heterocycles. The molecule has 1 heterocycles. The number of nitrogens with two attached hydrogens (primary N) is 1. The van der Waals surface area contributed by atoms with Crippen LogP contribution in [0.15, 0.2) is 17.2 Å². The minimum absolute atomic E-state index is 0.0128. The smallest absolute Gasteiger partial charge is 0.242 e. The molecule has 1 unspecified atom stereocenters. The van der Waals surface area contributed by atoms with Gasteiger partial charge < -0.3 is 10.3 Å². The molecule has 1 aromatic rings. The van der Waals surface area contributed by atoms with Crippen molar-refractivity contribution in [2.45, 2.75) is 70.0 Å². The maximum atomic E-state index is 12.5. The second kappa shape index (κ2) is 6.50. The van der Waals surface area contributed by atoms with Crippen molar-refractivity contribution in [3.8, 4) is 0 Å². The van der Waals surface area contributed by atoms with Gasteiger partial charge in [0.15, 0.2) is 0 Å². The number of hydrogen-bond acceptors (Lipinski definition) is 3. The Morgan fingerprint density at radius 2 is 1.95 bits per heavy atom. The van der Waals surface area contributed by atoms with Gasteiger partial charge in [0.05, 0.1) is 4.90 Å². The number of nitrogens with zero attached hydrogens (tertiary/aromatic N) is 1. The van der Waals surface area contributed by atoms with Gasteiger partial charge in [-0.15, -0.1) is 0 Å². The second-order valence-corrected chi connectivity index (χ2v) is 8.04.